The molecular formula is C12H13NO3. The van der Waals surface area contributed by atoms with Crippen LogP contribution < -0.4 is 5.32 Å². The largest absolute Gasteiger partial charge is 0.459 e. The van der Waals surface area contributed by atoms with E-state index in [0.717, 1.165) is 5.56 Å². The molecule has 1 heterocycles. The van der Waals surface area contributed by atoms with Gasteiger partial charge in [0.05, 0.1) is 0 Å². The van der Waals surface area contributed by atoms with Crippen LogP contribution in [0.1, 0.15) is 18.1 Å². The molecule has 4 nitrogen and oxygen atoms in total. The van der Waals surface area contributed by atoms with Crippen LogP contribution in [0.25, 0.3) is 0 Å². The number of benzene rings is 1. The van der Waals surface area contributed by atoms with E-state index >= 15 is 0 Å². The van der Waals surface area contributed by atoms with Crippen molar-refractivity contribution in [1.82, 2.24) is 5.32 Å². The average molecular weight is 219 g/mol. The van der Waals surface area contributed by atoms with Crippen LogP contribution in [-0.4, -0.2) is 18.9 Å². The summed E-state index contributed by atoms with van der Waals surface area (Å²) in [6.45, 7) is 1.01. The molecule has 2 unspecified atom stereocenters. The van der Waals surface area contributed by atoms with Crippen molar-refractivity contribution in [2.75, 3.05) is 6.54 Å². The first kappa shape index (κ1) is 10.7. The fraction of sp³-hybridized carbons (Fsp3) is 0.333. The molecule has 1 saturated heterocycles. The van der Waals surface area contributed by atoms with Crippen LogP contribution >= 0.6 is 0 Å². The second-order valence-corrected chi connectivity index (χ2v) is 3.83. The fourth-order valence-electron chi connectivity index (χ4n) is 2.01. The molecule has 2 atom stereocenters. The van der Waals surface area contributed by atoms with Gasteiger partial charge in [-0.3, -0.25) is 9.59 Å². The molecule has 1 aromatic rings. The molecule has 1 fully saturated rings. The maximum Gasteiger partial charge on any atom is 0.293 e. The van der Waals surface area contributed by atoms with E-state index in [-0.39, 0.29) is 17.9 Å². The van der Waals surface area contributed by atoms with Gasteiger partial charge in [0.2, 0.25) is 5.91 Å². The van der Waals surface area contributed by atoms with E-state index in [4.69, 9.17) is 4.74 Å². The summed E-state index contributed by atoms with van der Waals surface area (Å²) in [4.78, 5) is 21.6. The summed E-state index contributed by atoms with van der Waals surface area (Å²) >= 11 is 0. The Morgan fingerprint density at radius 3 is 2.69 bits per heavy atom. The van der Waals surface area contributed by atoms with Gasteiger partial charge in [-0.2, -0.15) is 0 Å². The SMILES string of the molecule is O=COC(c1ccccc1)C1CNC(=O)C1. The van der Waals surface area contributed by atoms with Crippen molar-refractivity contribution in [2.45, 2.75) is 12.5 Å². The monoisotopic (exact) mass is 219 g/mol. The van der Waals surface area contributed by atoms with E-state index in [1.807, 2.05) is 30.3 Å². The Morgan fingerprint density at radius 1 is 1.38 bits per heavy atom. The van der Waals surface area contributed by atoms with Crippen molar-refractivity contribution in [3.63, 3.8) is 0 Å². The molecule has 0 spiro atoms. The van der Waals surface area contributed by atoms with Gasteiger partial charge in [0, 0.05) is 18.9 Å². The molecular weight excluding hydrogens is 206 g/mol. The number of ether oxygens (including phenoxy) is 1. The molecule has 0 bridgehead atoms. The molecule has 84 valence electrons. The van der Waals surface area contributed by atoms with Crippen molar-refractivity contribution in [2.24, 2.45) is 5.92 Å². The summed E-state index contributed by atoms with van der Waals surface area (Å²) in [6, 6.07) is 9.48. The highest BCUT2D eigenvalue weighted by molar-refractivity contribution is 5.78. The molecule has 1 amide bonds. The highest BCUT2D eigenvalue weighted by Gasteiger charge is 2.31. The molecule has 4 heteroatoms. The maximum atomic E-state index is 11.1. The number of hydrogen-bond donors (Lipinski definition) is 1. The van der Waals surface area contributed by atoms with Gasteiger partial charge in [-0.25, -0.2) is 0 Å². The van der Waals surface area contributed by atoms with Crippen molar-refractivity contribution in [1.29, 1.82) is 0 Å². The summed E-state index contributed by atoms with van der Waals surface area (Å²) in [5.74, 6) is 0.0422. The Morgan fingerprint density at radius 2 is 2.12 bits per heavy atom. The normalized spacial score (nSPS) is 21.2. The van der Waals surface area contributed by atoms with Gasteiger partial charge in [0.1, 0.15) is 6.10 Å². The predicted octanol–water partition coefficient (Wildman–Crippen LogP) is 1.04. The molecule has 0 aliphatic carbocycles. The lowest BCUT2D eigenvalue weighted by atomic mass is 9.95. The summed E-state index contributed by atoms with van der Waals surface area (Å²) < 4.78 is 5.09. The van der Waals surface area contributed by atoms with Crippen molar-refractivity contribution >= 4 is 12.4 Å². The van der Waals surface area contributed by atoms with Crippen LogP contribution in [0.15, 0.2) is 30.3 Å². The van der Waals surface area contributed by atoms with E-state index in [9.17, 15) is 9.59 Å². The first-order valence-electron chi connectivity index (χ1n) is 5.22. The Balaban J connectivity index is 2.17. The third kappa shape index (κ3) is 2.21. The van der Waals surface area contributed by atoms with Gasteiger partial charge in [-0.05, 0) is 5.56 Å². The maximum absolute atomic E-state index is 11.1. The van der Waals surface area contributed by atoms with Crippen LogP contribution in [0.3, 0.4) is 0 Å². The van der Waals surface area contributed by atoms with Crippen molar-refractivity contribution < 1.29 is 14.3 Å². The van der Waals surface area contributed by atoms with Gasteiger partial charge >= 0.3 is 0 Å². The molecule has 0 saturated carbocycles. The Kier molecular flexibility index (Phi) is 3.19. The van der Waals surface area contributed by atoms with Crippen molar-refractivity contribution in [3.05, 3.63) is 35.9 Å². The Bertz CT molecular complexity index is 377. The second kappa shape index (κ2) is 4.79. The molecule has 0 radical (unpaired) electrons. The minimum atomic E-state index is -0.336. The van der Waals surface area contributed by atoms with E-state index in [2.05, 4.69) is 5.32 Å². The number of nitrogens with one attached hydrogen (secondary N) is 1. The van der Waals surface area contributed by atoms with E-state index in [1.54, 1.807) is 0 Å². The molecule has 1 aliphatic rings. The van der Waals surface area contributed by atoms with Gasteiger partial charge in [0.25, 0.3) is 6.47 Å². The third-order valence-electron chi connectivity index (χ3n) is 2.77. The number of carbonyl (C=O) groups is 2. The number of carbonyl (C=O) groups excluding carboxylic acids is 2. The zero-order valence-corrected chi connectivity index (χ0v) is 8.76. The lowest BCUT2D eigenvalue weighted by molar-refractivity contribution is -0.136. The quantitative estimate of drug-likeness (QED) is 0.770. The number of amides is 1. The number of hydrogen-bond acceptors (Lipinski definition) is 3. The lowest BCUT2D eigenvalue weighted by Crippen LogP contribution is -2.19. The zero-order chi connectivity index (χ0) is 11.4. The minimum absolute atomic E-state index is 0.0143. The van der Waals surface area contributed by atoms with E-state index in [0.29, 0.717) is 19.4 Å². The Hall–Kier alpha value is -1.84. The van der Waals surface area contributed by atoms with E-state index in [1.165, 1.54) is 0 Å². The first-order valence-corrected chi connectivity index (χ1v) is 5.22. The van der Waals surface area contributed by atoms with Crippen LogP contribution in [0, 0.1) is 5.92 Å². The van der Waals surface area contributed by atoms with Gasteiger partial charge < -0.3 is 10.1 Å². The van der Waals surface area contributed by atoms with Crippen LogP contribution in [0.5, 0.6) is 0 Å². The van der Waals surface area contributed by atoms with Crippen LogP contribution in [0.4, 0.5) is 0 Å². The Labute approximate surface area is 93.6 Å². The highest BCUT2D eigenvalue weighted by atomic mass is 16.5. The second-order valence-electron chi connectivity index (χ2n) is 3.83. The third-order valence-corrected chi connectivity index (χ3v) is 2.77. The van der Waals surface area contributed by atoms with E-state index < -0.39 is 0 Å². The van der Waals surface area contributed by atoms with Crippen LogP contribution in [-0.2, 0) is 14.3 Å². The number of rotatable bonds is 4. The van der Waals surface area contributed by atoms with Gasteiger partial charge in [-0.15, -0.1) is 0 Å². The van der Waals surface area contributed by atoms with Gasteiger partial charge in [-0.1, -0.05) is 30.3 Å². The first-order chi connectivity index (χ1) is 7.81. The highest BCUT2D eigenvalue weighted by Crippen LogP contribution is 2.29. The standard InChI is InChI=1S/C12H13NO3/c14-8-16-12(9-4-2-1-3-5-9)10-6-11(15)13-7-10/h1-5,8,10,12H,6-7H2,(H,13,15). The van der Waals surface area contributed by atoms with Gasteiger partial charge in [0.15, 0.2) is 0 Å². The van der Waals surface area contributed by atoms with Crippen molar-refractivity contribution in [3.8, 4) is 0 Å². The predicted molar refractivity (Wildman–Crippen MR) is 57.4 cm³/mol. The lowest BCUT2D eigenvalue weighted by Gasteiger charge is -2.20. The summed E-state index contributed by atoms with van der Waals surface area (Å²) in [5.41, 5.74) is 0.927. The molecule has 1 aliphatic heterocycles. The molecule has 16 heavy (non-hydrogen) atoms. The summed E-state index contributed by atoms with van der Waals surface area (Å²) in [5, 5.41) is 2.74. The molecule has 2 rings (SSSR count). The molecule has 1 N–H and O–H groups in total. The zero-order valence-electron chi connectivity index (χ0n) is 8.76. The minimum Gasteiger partial charge on any atom is -0.459 e. The smallest absolute Gasteiger partial charge is 0.293 e. The average Bonchev–Trinajstić information content (AvgIpc) is 2.74. The molecule has 0 aromatic heterocycles. The summed E-state index contributed by atoms with van der Waals surface area (Å²) in [6.07, 6.45) is 0.0746. The van der Waals surface area contributed by atoms with Crippen LogP contribution in [0.2, 0.25) is 0 Å². The summed E-state index contributed by atoms with van der Waals surface area (Å²) in [7, 11) is 0. The molecule has 1 aromatic carbocycles. The fourth-order valence-corrected chi connectivity index (χ4v) is 2.01. The topological polar surface area (TPSA) is 55.4 Å².